The first-order valence-electron chi connectivity index (χ1n) is 9.45. The Balaban J connectivity index is 1.46. The molecule has 2 aromatic rings. The minimum absolute atomic E-state index is 0.0871. The number of hydrogen-bond donors (Lipinski definition) is 0. The summed E-state index contributed by atoms with van der Waals surface area (Å²) in [5.41, 5.74) is 3.59. The van der Waals surface area contributed by atoms with Crippen molar-refractivity contribution < 1.29 is 14.3 Å². The molecule has 5 nitrogen and oxygen atoms in total. The zero-order chi connectivity index (χ0) is 18.8. The lowest BCUT2D eigenvalue weighted by Crippen LogP contribution is -2.41. The van der Waals surface area contributed by atoms with E-state index >= 15 is 0 Å². The summed E-state index contributed by atoms with van der Waals surface area (Å²) in [6, 6.07) is 15.9. The number of methoxy groups -OCH3 is 1. The van der Waals surface area contributed by atoms with Gasteiger partial charge in [0.15, 0.2) is 0 Å². The molecule has 2 aliphatic rings. The summed E-state index contributed by atoms with van der Waals surface area (Å²) < 4.78 is 4.82. The number of amides is 1. The second-order valence-electron chi connectivity index (χ2n) is 7.22. The Labute approximate surface area is 159 Å². The monoisotopic (exact) mass is 364 g/mol. The molecular formula is C22H24N2O3. The second-order valence-corrected chi connectivity index (χ2v) is 7.22. The van der Waals surface area contributed by atoms with Crippen molar-refractivity contribution in [3.63, 3.8) is 0 Å². The molecule has 0 unspecified atom stereocenters. The summed E-state index contributed by atoms with van der Waals surface area (Å²) in [5, 5.41) is 0. The fraction of sp³-hybridized carbons (Fsp3) is 0.364. The number of carbonyl (C=O) groups is 2. The van der Waals surface area contributed by atoms with Crippen LogP contribution < -0.4 is 0 Å². The van der Waals surface area contributed by atoms with Gasteiger partial charge in [0.25, 0.3) is 5.91 Å². The van der Waals surface area contributed by atoms with Crippen molar-refractivity contribution in [1.29, 1.82) is 0 Å². The number of rotatable bonds is 3. The first-order chi connectivity index (χ1) is 13.2. The van der Waals surface area contributed by atoms with Gasteiger partial charge in [0.05, 0.1) is 18.2 Å². The summed E-state index contributed by atoms with van der Waals surface area (Å²) in [6.07, 6.45) is 2.03. The number of fused-ring (bicyclic) bond motifs is 1. The van der Waals surface area contributed by atoms with Crippen molar-refractivity contribution in [1.82, 2.24) is 9.80 Å². The van der Waals surface area contributed by atoms with E-state index < -0.39 is 5.97 Å². The Morgan fingerprint density at radius 1 is 0.963 bits per heavy atom. The molecule has 140 valence electrons. The lowest BCUT2D eigenvalue weighted by Gasteiger charge is -2.33. The highest BCUT2D eigenvalue weighted by Crippen LogP contribution is 2.25. The molecule has 0 spiro atoms. The molecule has 0 aliphatic carbocycles. The molecule has 27 heavy (non-hydrogen) atoms. The fourth-order valence-electron chi connectivity index (χ4n) is 4.18. The van der Waals surface area contributed by atoms with Crippen LogP contribution in [0.25, 0.3) is 0 Å². The molecule has 5 heteroatoms. The zero-order valence-corrected chi connectivity index (χ0v) is 15.6. The van der Waals surface area contributed by atoms with Gasteiger partial charge in [-0.3, -0.25) is 9.69 Å². The van der Waals surface area contributed by atoms with Gasteiger partial charge in [-0.05, 0) is 36.1 Å². The molecule has 1 saturated heterocycles. The summed E-state index contributed by atoms with van der Waals surface area (Å²) in [6.45, 7) is 3.40. The van der Waals surface area contributed by atoms with Gasteiger partial charge in [-0.2, -0.15) is 0 Å². The van der Waals surface area contributed by atoms with Crippen molar-refractivity contribution in [3.05, 3.63) is 70.8 Å². The van der Waals surface area contributed by atoms with Gasteiger partial charge in [0.1, 0.15) is 0 Å². The normalized spacial score (nSPS) is 19.6. The van der Waals surface area contributed by atoms with Crippen molar-refractivity contribution in [2.45, 2.75) is 25.4 Å². The minimum Gasteiger partial charge on any atom is -0.465 e. The van der Waals surface area contributed by atoms with Crippen molar-refractivity contribution in [2.75, 3.05) is 26.7 Å². The highest BCUT2D eigenvalue weighted by molar-refractivity contribution is 6.05. The lowest BCUT2D eigenvalue weighted by atomic mass is 9.98. The SMILES string of the molecule is COC(=O)c1ccccc1C(=O)N1CC[C@H](N2CCc3ccccc3C2)C1. The van der Waals surface area contributed by atoms with Crippen LogP contribution in [-0.4, -0.2) is 54.5 Å². The Morgan fingerprint density at radius 2 is 1.67 bits per heavy atom. The van der Waals surface area contributed by atoms with Crippen LogP contribution in [0, 0.1) is 0 Å². The maximum absolute atomic E-state index is 13.0. The van der Waals surface area contributed by atoms with E-state index in [1.807, 2.05) is 4.90 Å². The molecule has 0 aromatic heterocycles. The number of ether oxygens (including phenoxy) is 1. The van der Waals surface area contributed by atoms with Gasteiger partial charge < -0.3 is 9.64 Å². The summed E-state index contributed by atoms with van der Waals surface area (Å²) >= 11 is 0. The molecule has 2 aliphatic heterocycles. The molecule has 2 heterocycles. The Hall–Kier alpha value is -2.66. The van der Waals surface area contributed by atoms with E-state index in [1.165, 1.54) is 18.2 Å². The molecular weight excluding hydrogens is 340 g/mol. The van der Waals surface area contributed by atoms with Gasteiger partial charge >= 0.3 is 5.97 Å². The maximum atomic E-state index is 13.0. The van der Waals surface area contributed by atoms with Gasteiger partial charge in [-0.1, -0.05) is 36.4 Å². The predicted molar refractivity (Wildman–Crippen MR) is 103 cm³/mol. The van der Waals surface area contributed by atoms with Crippen molar-refractivity contribution in [2.24, 2.45) is 0 Å². The molecule has 0 radical (unpaired) electrons. The van der Waals surface area contributed by atoms with Crippen LogP contribution in [-0.2, 0) is 17.7 Å². The molecule has 4 rings (SSSR count). The summed E-state index contributed by atoms with van der Waals surface area (Å²) in [5.74, 6) is -0.557. The predicted octanol–water partition coefficient (Wildman–Crippen LogP) is 2.75. The Bertz CT molecular complexity index is 864. The van der Waals surface area contributed by atoms with Crippen LogP contribution in [0.2, 0.25) is 0 Å². The second kappa shape index (κ2) is 7.53. The third-order valence-corrected chi connectivity index (χ3v) is 5.69. The highest BCUT2D eigenvalue weighted by Gasteiger charge is 2.33. The topological polar surface area (TPSA) is 49.9 Å². The first-order valence-corrected chi connectivity index (χ1v) is 9.45. The standard InChI is InChI=1S/C22H24N2O3/c1-27-22(26)20-9-5-4-8-19(20)21(25)24-13-11-18(15-24)23-12-10-16-6-2-3-7-17(16)14-23/h2-9,18H,10-15H2,1H3/t18-/m0/s1. The maximum Gasteiger partial charge on any atom is 0.338 e. The number of benzene rings is 2. The van der Waals surface area contributed by atoms with E-state index in [1.54, 1.807) is 24.3 Å². The van der Waals surface area contributed by atoms with Crippen LogP contribution in [0.3, 0.4) is 0 Å². The fourth-order valence-corrected chi connectivity index (χ4v) is 4.18. The number of likely N-dealkylation sites (tertiary alicyclic amines) is 1. The molecule has 1 atom stereocenters. The molecule has 0 saturated carbocycles. The number of nitrogens with zero attached hydrogens (tertiary/aromatic N) is 2. The molecule has 1 fully saturated rings. The Morgan fingerprint density at radius 3 is 2.44 bits per heavy atom. The van der Waals surface area contributed by atoms with Crippen LogP contribution in [0.1, 0.15) is 38.3 Å². The van der Waals surface area contributed by atoms with Gasteiger partial charge in [0.2, 0.25) is 0 Å². The largest absolute Gasteiger partial charge is 0.465 e. The van der Waals surface area contributed by atoms with Crippen molar-refractivity contribution >= 4 is 11.9 Å². The first kappa shape index (κ1) is 17.7. The van der Waals surface area contributed by atoms with E-state index in [4.69, 9.17) is 4.74 Å². The van der Waals surface area contributed by atoms with Crippen LogP contribution in [0.4, 0.5) is 0 Å². The highest BCUT2D eigenvalue weighted by atomic mass is 16.5. The van der Waals surface area contributed by atoms with Gasteiger partial charge in [-0.15, -0.1) is 0 Å². The lowest BCUT2D eigenvalue weighted by molar-refractivity contribution is 0.0591. The van der Waals surface area contributed by atoms with Crippen LogP contribution in [0.15, 0.2) is 48.5 Å². The van der Waals surface area contributed by atoms with E-state index in [-0.39, 0.29) is 5.91 Å². The Kier molecular flexibility index (Phi) is 4.94. The van der Waals surface area contributed by atoms with Gasteiger partial charge in [0, 0.05) is 32.2 Å². The average Bonchev–Trinajstić information content (AvgIpc) is 3.22. The third-order valence-electron chi connectivity index (χ3n) is 5.69. The van der Waals surface area contributed by atoms with E-state index in [2.05, 4.69) is 29.2 Å². The van der Waals surface area contributed by atoms with Gasteiger partial charge in [-0.25, -0.2) is 4.79 Å². The van der Waals surface area contributed by atoms with Crippen LogP contribution in [0.5, 0.6) is 0 Å². The molecule has 0 bridgehead atoms. The number of esters is 1. The van der Waals surface area contributed by atoms with Crippen LogP contribution >= 0.6 is 0 Å². The third kappa shape index (κ3) is 3.47. The number of carbonyl (C=O) groups excluding carboxylic acids is 2. The van der Waals surface area contributed by atoms with E-state index in [9.17, 15) is 9.59 Å². The van der Waals surface area contributed by atoms with E-state index in [0.717, 1.165) is 32.5 Å². The summed E-state index contributed by atoms with van der Waals surface area (Å²) in [4.78, 5) is 29.4. The molecule has 2 aromatic carbocycles. The minimum atomic E-state index is -0.470. The quantitative estimate of drug-likeness (QED) is 0.786. The zero-order valence-electron chi connectivity index (χ0n) is 15.6. The summed E-state index contributed by atoms with van der Waals surface area (Å²) in [7, 11) is 1.34. The van der Waals surface area contributed by atoms with Crippen molar-refractivity contribution in [3.8, 4) is 0 Å². The molecule has 0 N–H and O–H groups in total. The average molecular weight is 364 g/mol. The number of hydrogen-bond acceptors (Lipinski definition) is 4. The van der Waals surface area contributed by atoms with E-state index in [0.29, 0.717) is 23.7 Å². The smallest absolute Gasteiger partial charge is 0.338 e. The molecule has 1 amide bonds.